The van der Waals surface area contributed by atoms with Gasteiger partial charge in [0.15, 0.2) is 0 Å². The number of urea groups is 1. The second-order valence-corrected chi connectivity index (χ2v) is 7.33. The van der Waals surface area contributed by atoms with Crippen molar-refractivity contribution in [2.24, 2.45) is 11.7 Å². The maximum absolute atomic E-state index is 12.2. The Morgan fingerprint density at radius 2 is 2.07 bits per heavy atom. The summed E-state index contributed by atoms with van der Waals surface area (Å²) < 4.78 is 4.96. The van der Waals surface area contributed by atoms with E-state index in [-0.39, 0.29) is 30.1 Å². The number of aromatic nitrogens is 1. The molecule has 0 unspecified atom stereocenters. The van der Waals surface area contributed by atoms with Crippen LogP contribution >= 0.6 is 0 Å². The lowest BCUT2D eigenvalue weighted by atomic mass is 9.85. The highest BCUT2D eigenvalue weighted by Crippen LogP contribution is 2.33. The number of amides is 3. The van der Waals surface area contributed by atoms with Crippen molar-refractivity contribution in [3.8, 4) is 5.88 Å². The highest BCUT2D eigenvalue weighted by atomic mass is 16.5. The minimum absolute atomic E-state index is 0.0256. The number of nitrogens with one attached hydrogen (secondary N) is 2. The lowest BCUT2D eigenvalue weighted by Gasteiger charge is -2.42. The summed E-state index contributed by atoms with van der Waals surface area (Å²) in [6, 6.07) is 1.13. The van der Waals surface area contributed by atoms with E-state index in [1.807, 2.05) is 4.90 Å². The molecular weight excluding hydrogens is 366 g/mol. The maximum atomic E-state index is 12.2. The molecular formula is C18H25N5O5. The number of pyridine rings is 1. The number of nitrogens with two attached hydrogens (primary N) is 1. The predicted octanol–water partition coefficient (Wildman–Crippen LogP) is 0.638. The van der Waals surface area contributed by atoms with Gasteiger partial charge in [0.1, 0.15) is 5.56 Å². The molecule has 0 aliphatic heterocycles. The summed E-state index contributed by atoms with van der Waals surface area (Å²) >= 11 is 0. The molecule has 0 atom stereocenters. The van der Waals surface area contributed by atoms with Crippen LogP contribution in [0.5, 0.6) is 5.88 Å². The van der Waals surface area contributed by atoms with Gasteiger partial charge in [0.25, 0.3) is 5.91 Å². The molecule has 0 spiro atoms. The normalized spacial score (nSPS) is 20.9. The molecule has 10 nitrogen and oxygen atoms in total. The van der Waals surface area contributed by atoms with E-state index in [9.17, 15) is 14.4 Å². The second kappa shape index (κ2) is 8.42. The van der Waals surface area contributed by atoms with Crippen LogP contribution in [0, 0.1) is 5.92 Å². The molecule has 2 fully saturated rings. The van der Waals surface area contributed by atoms with Gasteiger partial charge in [-0.25, -0.2) is 9.78 Å². The number of hydrogen-bond acceptors (Lipinski definition) is 6. The zero-order valence-corrected chi connectivity index (χ0v) is 15.7. The van der Waals surface area contributed by atoms with Gasteiger partial charge in [-0.05, 0) is 37.7 Å². The Morgan fingerprint density at radius 3 is 2.64 bits per heavy atom. The van der Waals surface area contributed by atoms with Gasteiger partial charge in [-0.15, -0.1) is 0 Å². The van der Waals surface area contributed by atoms with Crippen molar-refractivity contribution < 1.29 is 24.2 Å². The number of methoxy groups -OCH3 is 1. The zero-order valence-electron chi connectivity index (χ0n) is 15.7. The van der Waals surface area contributed by atoms with Gasteiger partial charge < -0.3 is 26.2 Å². The van der Waals surface area contributed by atoms with Crippen LogP contribution < -0.4 is 21.1 Å². The first kappa shape index (κ1) is 19.9. The fourth-order valence-corrected chi connectivity index (χ4v) is 3.36. The van der Waals surface area contributed by atoms with Gasteiger partial charge in [0.05, 0.1) is 25.5 Å². The molecule has 0 radical (unpaired) electrons. The van der Waals surface area contributed by atoms with Crippen LogP contribution in [0.3, 0.4) is 0 Å². The van der Waals surface area contributed by atoms with Crippen LogP contribution in [0.1, 0.15) is 36.0 Å². The first-order valence-corrected chi connectivity index (χ1v) is 9.23. The van der Waals surface area contributed by atoms with Gasteiger partial charge in [0, 0.05) is 18.6 Å². The van der Waals surface area contributed by atoms with Crippen molar-refractivity contribution in [2.75, 3.05) is 25.5 Å². The van der Waals surface area contributed by atoms with Crippen molar-refractivity contribution in [2.45, 2.75) is 37.8 Å². The Balaban J connectivity index is 1.49. The van der Waals surface area contributed by atoms with Crippen molar-refractivity contribution in [1.82, 2.24) is 15.2 Å². The third kappa shape index (κ3) is 5.10. The number of anilines is 1. The zero-order chi connectivity index (χ0) is 20.3. The number of ether oxygens (including phenoxy) is 1. The average molecular weight is 391 g/mol. The Hall–Kier alpha value is -2.88. The van der Waals surface area contributed by atoms with Crippen LogP contribution in [0.2, 0.25) is 0 Å². The third-order valence-electron chi connectivity index (χ3n) is 5.06. The molecule has 0 saturated heterocycles. The maximum Gasteiger partial charge on any atom is 0.319 e. The van der Waals surface area contributed by atoms with Crippen LogP contribution in [-0.2, 0) is 4.79 Å². The molecule has 1 heterocycles. The third-order valence-corrected chi connectivity index (χ3v) is 5.06. The molecule has 1 aromatic rings. The van der Waals surface area contributed by atoms with Crippen molar-refractivity contribution in [1.29, 1.82) is 0 Å². The molecule has 28 heavy (non-hydrogen) atoms. The van der Waals surface area contributed by atoms with Crippen LogP contribution in [0.25, 0.3) is 0 Å². The Kier molecular flexibility index (Phi) is 5.98. The Bertz CT molecular complexity index is 761. The molecule has 5 N–H and O–H groups in total. The summed E-state index contributed by atoms with van der Waals surface area (Å²) in [5, 5.41) is 14.6. The van der Waals surface area contributed by atoms with Crippen LogP contribution in [0.4, 0.5) is 10.5 Å². The van der Waals surface area contributed by atoms with E-state index in [4.69, 9.17) is 15.6 Å². The number of hydrogen-bond donors (Lipinski definition) is 4. The number of aliphatic carboxylic acids is 1. The Labute approximate surface area is 162 Å². The quantitative estimate of drug-likeness (QED) is 0.483. The largest absolute Gasteiger partial charge is 0.480 e. The first-order valence-electron chi connectivity index (χ1n) is 9.23. The average Bonchev–Trinajstić information content (AvgIpc) is 3.40. The Morgan fingerprint density at radius 1 is 1.36 bits per heavy atom. The second-order valence-electron chi connectivity index (χ2n) is 7.33. The molecule has 152 valence electrons. The fraction of sp³-hybridized carbons (Fsp3) is 0.556. The molecule has 3 amide bonds. The number of nitrogens with zero attached hydrogens (tertiary/aromatic N) is 2. The van der Waals surface area contributed by atoms with Gasteiger partial charge in [-0.2, -0.15) is 0 Å². The lowest BCUT2D eigenvalue weighted by Crippen LogP contribution is -2.55. The summed E-state index contributed by atoms with van der Waals surface area (Å²) in [6.07, 6.45) is 5.12. The smallest absolute Gasteiger partial charge is 0.319 e. The number of carbonyl (C=O) groups is 3. The molecule has 1 aromatic heterocycles. The van der Waals surface area contributed by atoms with E-state index in [2.05, 4.69) is 15.6 Å². The number of primary amides is 1. The summed E-state index contributed by atoms with van der Waals surface area (Å²) in [5.41, 5.74) is 5.68. The molecule has 0 bridgehead atoms. The van der Waals surface area contributed by atoms with E-state index in [0.717, 1.165) is 19.4 Å². The minimum Gasteiger partial charge on any atom is -0.480 e. The minimum atomic E-state index is -0.827. The van der Waals surface area contributed by atoms with E-state index in [1.54, 1.807) is 0 Å². The fourth-order valence-electron chi connectivity index (χ4n) is 3.36. The summed E-state index contributed by atoms with van der Waals surface area (Å²) in [4.78, 5) is 40.7. The van der Waals surface area contributed by atoms with E-state index in [1.165, 1.54) is 19.4 Å². The lowest BCUT2D eigenvalue weighted by molar-refractivity contribution is -0.139. The van der Waals surface area contributed by atoms with Crippen molar-refractivity contribution in [3.63, 3.8) is 0 Å². The van der Waals surface area contributed by atoms with Crippen molar-refractivity contribution >= 4 is 23.6 Å². The predicted molar refractivity (Wildman–Crippen MR) is 100 cm³/mol. The number of carboxylic acid groups (broad SMARTS) is 1. The topological polar surface area (TPSA) is 147 Å². The summed E-state index contributed by atoms with van der Waals surface area (Å²) in [5.74, 6) is -0.831. The first-order chi connectivity index (χ1) is 13.4. The molecule has 2 saturated carbocycles. The standard InChI is InChI=1S/C18H25N5O5/c1-28-17-14(16(19)26)6-12(7-20-17)22-18(27)21-11-4-13(5-11)23(9-15(24)25)8-10-2-3-10/h6-7,10-11,13H,2-5,8-9H2,1H3,(H2,19,26)(H,24,25)(H2,21,22,27). The van der Waals surface area contributed by atoms with Gasteiger partial charge >= 0.3 is 12.0 Å². The van der Waals surface area contributed by atoms with Crippen LogP contribution in [-0.4, -0.2) is 65.2 Å². The van der Waals surface area contributed by atoms with Crippen molar-refractivity contribution in [3.05, 3.63) is 17.8 Å². The highest BCUT2D eigenvalue weighted by Gasteiger charge is 2.37. The number of carbonyl (C=O) groups excluding carboxylic acids is 2. The number of carboxylic acids is 1. The molecule has 3 rings (SSSR count). The monoisotopic (exact) mass is 391 g/mol. The SMILES string of the molecule is COc1ncc(NC(=O)NC2CC(N(CC(=O)O)CC3CC3)C2)cc1C(N)=O. The molecule has 10 heteroatoms. The van der Waals surface area contributed by atoms with E-state index in [0.29, 0.717) is 24.4 Å². The number of rotatable bonds is 9. The summed E-state index contributed by atoms with van der Waals surface area (Å²) in [7, 11) is 1.37. The molecule has 0 aromatic carbocycles. The van der Waals surface area contributed by atoms with Gasteiger partial charge in [-0.1, -0.05) is 0 Å². The van der Waals surface area contributed by atoms with Gasteiger partial charge in [-0.3, -0.25) is 14.5 Å². The van der Waals surface area contributed by atoms with Crippen LogP contribution in [0.15, 0.2) is 12.3 Å². The highest BCUT2D eigenvalue weighted by molar-refractivity contribution is 5.97. The molecule has 2 aliphatic carbocycles. The molecule has 2 aliphatic rings. The van der Waals surface area contributed by atoms with E-state index >= 15 is 0 Å². The van der Waals surface area contributed by atoms with Gasteiger partial charge in [0.2, 0.25) is 5.88 Å². The van der Waals surface area contributed by atoms with E-state index < -0.39 is 17.9 Å². The summed E-state index contributed by atoms with van der Waals surface area (Å²) in [6.45, 7) is 0.844.